The molecule has 1 heteroatoms. The van der Waals surface area contributed by atoms with Crippen LogP contribution >= 0.6 is 11.6 Å². The van der Waals surface area contributed by atoms with Crippen LogP contribution in [0.2, 0.25) is 0 Å². The number of alkyl halides is 1. The predicted molar refractivity (Wildman–Crippen MR) is 32.6 cm³/mol. The van der Waals surface area contributed by atoms with Gasteiger partial charge in [0.1, 0.15) is 0 Å². The minimum atomic E-state index is 0.432. The lowest BCUT2D eigenvalue weighted by atomic mass is 10.1. The summed E-state index contributed by atoms with van der Waals surface area (Å²) in [6.07, 6.45) is 0. The van der Waals surface area contributed by atoms with Crippen molar-refractivity contribution in [3.8, 4) is 0 Å². The summed E-state index contributed by atoms with van der Waals surface area (Å²) >= 11 is 5.83. The van der Waals surface area contributed by atoms with Gasteiger partial charge in [0.25, 0.3) is 0 Å². The van der Waals surface area contributed by atoms with E-state index in [9.17, 15) is 0 Å². The number of halogens is 1. The monoisotopic (exact) mass is 118 g/mol. The van der Waals surface area contributed by atoms with E-state index in [-0.39, 0.29) is 0 Å². The summed E-state index contributed by atoms with van der Waals surface area (Å²) in [6.45, 7) is 6.60. The van der Waals surface area contributed by atoms with E-state index in [0.29, 0.717) is 10.8 Å². The van der Waals surface area contributed by atoms with Crippen molar-refractivity contribution in [2.24, 2.45) is 11.3 Å². The van der Waals surface area contributed by atoms with Crippen molar-refractivity contribution in [2.75, 3.05) is 0 Å². The Morgan fingerprint density at radius 3 is 1.57 bits per heavy atom. The highest BCUT2D eigenvalue weighted by atomic mass is 35.5. The highest BCUT2D eigenvalue weighted by molar-refractivity contribution is 6.23. The second-order valence-electron chi connectivity index (χ2n) is 3.01. The molecule has 0 aromatic heterocycles. The van der Waals surface area contributed by atoms with Gasteiger partial charge >= 0.3 is 0 Å². The summed E-state index contributed by atoms with van der Waals surface area (Å²) in [5, 5.41) is 0.438. The molecule has 1 saturated carbocycles. The van der Waals surface area contributed by atoms with Gasteiger partial charge in [-0.1, -0.05) is 20.8 Å². The van der Waals surface area contributed by atoms with Gasteiger partial charge in [0.05, 0.1) is 0 Å². The first-order valence-corrected chi connectivity index (χ1v) is 3.14. The molecule has 1 rings (SSSR count). The molecule has 0 bridgehead atoms. The van der Waals surface area contributed by atoms with Gasteiger partial charge in [0, 0.05) is 5.38 Å². The van der Waals surface area contributed by atoms with Crippen LogP contribution in [0.4, 0.5) is 0 Å². The molecule has 0 nitrogen and oxygen atoms in total. The lowest BCUT2D eigenvalue weighted by Crippen LogP contribution is -1.86. The van der Waals surface area contributed by atoms with Crippen LogP contribution in [0.25, 0.3) is 0 Å². The maximum atomic E-state index is 5.83. The molecule has 0 radical (unpaired) electrons. The van der Waals surface area contributed by atoms with Gasteiger partial charge < -0.3 is 0 Å². The van der Waals surface area contributed by atoms with Gasteiger partial charge in [-0.3, -0.25) is 0 Å². The van der Waals surface area contributed by atoms with Crippen molar-refractivity contribution in [2.45, 2.75) is 26.1 Å². The number of rotatable bonds is 0. The Kier molecular flexibility index (Phi) is 0.904. The number of hydrogen-bond donors (Lipinski definition) is 0. The minimum Gasteiger partial charge on any atom is -0.122 e. The van der Waals surface area contributed by atoms with Crippen LogP contribution in [0.5, 0.6) is 0 Å². The molecule has 0 unspecified atom stereocenters. The van der Waals surface area contributed by atoms with E-state index < -0.39 is 0 Å². The topological polar surface area (TPSA) is 0 Å². The molecule has 0 amide bonds. The Morgan fingerprint density at radius 1 is 1.43 bits per heavy atom. The maximum absolute atomic E-state index is 5.83. The zero-order valence-electron chi connectivity index (χ0n) is 5.03. The van der Waals surface area contributed by atoms with Crippen molar-refractivity contribution in [1.29, 1.82) is 0 Å². The summed E-state index contributed by atoms with van der Waals surface area (Å²) in [6, 6.07) is 0. The third-order valence-corrected chi connectivity index (χ3v) is 3.15. The normalized spacial score (nSPS) is 46.3. The van der Waals surface area contributed by atoms with E-state index in [2.05, 4.69) is 20.8 Å². The molecular formula is C6H11Cl. The fourth-order valence-corrected chi connectivity index (χ4v) is 1.27. The van der Waals surface area contributed by atoms with E-state index in [1.807, 2.05) is 0 Å². The molecule has 0 aromatic carbocycles. The Morgan fingerprint density at radius 2 is 1.57 bits per heavy atom. The van der Waals surface area contributed by atoms with Crippen molar-refractivity contribution >= 4 is 11.6 Å². The van der Waals surface area contributed by atoms with Crippen molar-refractivity contribution < 1.29 is 0 Å². The van der Waals surface area contributed by atoms with E-state index in [1.54, 1.807) is 0 Å². The fourth-order valence-electron chi connectivity index (χ4n) is 0.822. The van der Waals surface area contributed by atoms with E-state index in [4.69, 9.17) is 11.6 Å². The molecule has 0 saturated heterocycles. The van der Waals surface area contributed by atoms with Gasteiger partial charge in [-0.15, -0.1) is 11.6 Å². The molecule has 2 atom stereocenters. The van der Waals surface area contributed by atoms with Crippen LogP contribution in [0.15, 0.2) is 0 Å². The Bertz CT molecular complexity index is 76.2. The van der Waals surface area contributed by atoms with Crippen LogP contribution in [0, 0.1) is 11.3 Å². The first-order chi connectivity index (χ1) is 3.07. The first kappa shape index (κ1) is 5.43. The molecule has 0 spiro atoms. The first-order valence-electron chi connectivity index (χ1n) is 2.71. The third-order valence-electron chi connectivity index (χ3n) is 2.21. The van der Waals surface area contributed by atoms with Crippen molar-refractivity contribution in [3.05, 3.63) is 0 Å². The van der Waals surface area contributed by atoms with Crippen LogP contribution in [0.3, 0.4) is 0 Å². The molecule has 0 heterocycles. The van der Waals surface area contributed by atoms with E-state index in [1.165, 1.54) is 0 Å². The maximum Gasteiger partial charge on any atom is 0.0421 e. The number of hydrogen-bond acceptors (Lipinski definition) is 0. The SMILES string of the molecule is C[C@@H]1[C@@H](Cl)C1(C)C. The summed E-state index contributed by atoms with van der Waals surface area (Å²) in [7, 11) is 0. The second kappa shape index (κ2) is 1.17. The smallest absolute Gasteiger partial charge is 0.0421 e. The molecule has 42 valence electrons. The van der Waals surface area contributed by atoms with Gasteiger partial charge in [0.2, 0.25) is 0 Å². The largest absolute Gasteiger partial charge is 0.122 e. The standard InChI is InChI=1S/C6H11Cl/c1-4-5(7)6(4,2)3/h4-5H,1-3H3/t4-,5-/m1/s1. The third kappa shape index (κ3) is 0.567. The van der Waals surface area contributed by atoms with Crippen LogP contribution in [-0.2, 0) is 0 Å². The summed E-state index contributed by atoms with van der Waals surface area (Å²) in [5.74, 6) is 0.731. The average molecular weight is 119 g/mol. The van der Waals surface area contributed by atoms with Crippen molar-refractivity contribution in [1.82, 2.24) is 0 Å². The highest BCUT2D eigenvalue weighted by Crippen LogP contribution is 2.55. The summed E-state index contributed by atoms with van der Waals surface area (Å²) in [4.78, 5) is 0. The molecule has 1 fully saturated rings. The Labute approximate surface area is 49.9 Å². The molecule has 1 aliphatic carbocycles. The zero-order valence-corrected chi connectivity index (χ0v) is 5.79. The van der Waals surface area contributed by atoms with Crippen LogP contribution in [-0.4, -0.2) is 5.38 Å². The summed E-state index contributed by atoms with van der Waals surface area (Å²) < 4.78 is 0. The minimum absolute atomic E-state index is 0.432. The molecule has 0 aliphatic heterocycles. The molecule has 0 N–H and O–H groups in total. The van der Waals surface area contributed by atoms with Crippen LogP contribution in [0.1, 0.15) is 20.8 Å². The lowest BCUT2D eigenvalue weighted by Gasteiger charge is -1.92. The van der Waals surface area contributed by atoms with Gasteiger partial charge in [0.15, 0.2) is 0 Å². The van der Waals surface area contributed by atoms with Crippen molar-refractivity contribution in [3.63, 3.8) is 0 Å². The average Bonchev–Trinajstić information content (AvgIpc) is 1.91. The Balaban J connectivity index is 2.52. The quantitative estimate of drug-likeness (QED) is 0.428. The highest BCUT2D eigenvalue weighted by Gasteiger charge is 2.53. The molecule has 7 heavy (non-hydrogen) atoms. The van der Waals surface area contributed by atoms with Gasteiger partial charge in [-0.05, 0) is 11.3 Å². The molecule has 1 aliphatic rings. The molecule has 0 aromatic rings. The van der Waals surface area contributed by atoms with E-state index in [0.717, 1.165) is 5.92 Å². The zero-order chi connectivity index (χ0) is 5.65. The Hall–Kier alpha value is 0.290. The van der Waals surface area contributed by atoms with E-state index >= 15 is 0 Å². The van der Waals surface area contributed by atoms with Gasteiger partial charge in [-0.25, -0.2) is 0 Å². The predicted octanol–water partition coefficient (Wildman–Crippen LogP) is 2.27. The lowest BCUT2D eigenvalue weighted by molar-refractivity contribution is 0.587. The second-order valence-corrected chi connectivity index (χ2v) is 3.48. The molecular weight excluding hydrogens is 108 g/mol. The fraction of sp³-hybridized carbons (Fsp3) is 1.00. The van der Waals surface area contributed by atoms with Crippen LogP contribution < -0.4 is 0 Å². The summed E-state index contributed by atoms with van der Waals surface area (Å²) in [5.41, 5.74) is 0.432. The van der Waals surface area contributed by atoms with Gasteiger partial charge in [-0.2, -0.15) is 0 Å².